The predicted molar refractivity (Wildman–Crippen MR) is 38.6 cm³/mol. The SMILES string of the molecule is COC(=O)C(Br)CS. The van der Waals surface area contributed by atoms with Crippen LogP contribution in [-0.2, 0) is 9.53 Å². The number of methoxy groups -OCH3 is 1. The van der Waals surface area contributed by atoms with Crippen LogP contribution in [0.4, 0.5) is 0 Å². The molecule has 1 unspecified atom stereocenters. The summed E-state index contributed by atoms with van der Waals surface area (Å²) in [4.78, 5) is 10.2. The monoisotopic (exact) mass is 198 g/mol. The van der Waals surface area contributed by atoms with Gasteiger partial charge in [0.25, 0.3) is 0 Å². The van der Waals surface area contributed by atoms with Gasteiger partial charge < -0.3 is 4.74 Å². The van der Waals surface area contributed by atoms with Gasteiger partial charge in [-0.05, 0) is 0 Å². The quantitative estimate of drug-likeness (QED) is 0.405. The van der Waals surface area contributed by atoms with Gasteiger partial charge in [-0.25, -0.2) is 0 Å². The van der Waals surface area contributed by atoms with Gasteiger partial charge in [-0.3, -0.25) is 4.79 Å². The van der Waals surface area contributed by atoms with E-state index >= 15 is 0 Å². The maximum Gasteiger partial charge on any atom is 0.320 e. The van der Waals surface area contributed by atoms with E-state index in [-0.39, 0.29) is 10.8 Å². The molecule has 0 spiro atoms. The van der Waals surface area contributed by atoms with E-state index in [0.29, 0.717) is 5.75 Å². The number of ether oxygens (including phenoxy) is 1. The van der Waals surface area contributed by atoms with Crippen molar-refractivity contribution in [2.45, 2.75) is 4.83 Å². The van der Waals surface area contributed by atoms with E-state index in [9.17, 15) is 4.79 Å². The van der Waals surface area contributed by atoms with Crippen molar-refractivity contribution in [2.75, 3.05) is 12.9 Å². The summed E-state index contributed by atoms with van der Waals surface area (Å²) in [5, 5.41) is 0. The third-order valence-corrected chi connectivity index (χ3v) is 2.18. The Morgan fingerprint density at radius 3 is 2.62 bits per heavy atom. The van der Waals surface area contributed by atoms with Gasteiger partial charge in [0.1, 0.15) is 4.83 Å². The lowest BCUT2D eigenvalue weighted by atomic mass is 10.5. The van der Waals surface area contributed by atoms with Gasteiger partial charge in [-0.1, -0.05) is 15.9 Å². The number of halogens is 1. The fraction of sp³-hybridized carbons (Fsp3) is 0.750. The van der Waals surface area contributed by atoms with E-state index in [1.807, 2.05) is 0 Å². The standard InChI is InChI=1S/C4H7BrO2S/c1-7-4(6)3(5)2-8/h3,8H,2H2,1H3. The fourth-order valence-corrected chi connectivity index (χ4v) is 0.538. The Labute approximate surface area is 62.1 Å². The Bertz CT molecular complexity index is 86.1. The first-order valence-electron chi connectivity index (χ1n) is 2.05. The van der Waals surface area contributed by atoms with Gasteiger partial charge in [-0.15, -0.1) is 0 Å². The molecule has 4 heteroatoms. The topological polar surface area (TPSA) is 26.3 Å². The van der Waals surface area contributed by atoms with Crippen molar-refractivity contribution < 1.29 is 9.53 Å². The highest BCUT2D eigenvalue weighted by Gasteiger charge is 2.11. The lowest BCUT2D eigenvalue weighted by Gasteiger charge is -2.00. The van der Waals surface area contributed by atoms with E-state index in [1.54, 1.807) is 0 Å². The van der Waals surface area contributed by atoms with Crippen LogP contribution in [0.1, 0.15) is 0 Å². The number of rotatable bonds is 2. The molecule has 0 fully saturated rings. The number of carbonyl (C=O) groups is 1. The molecule has 0 saturated heterocycles. The second-order valence-corrected chi connectivity index (χ2v) is 2.64. The van der Waals surface area contributed by atoms with E-state index in [4.69, 9.17) is 0 Å². The Morgan fingerprint density at radius 2 is 2.50 bits per heavy atom. The number of hydrogen-bond donors (Lipinski definition) is 1. The van der Waals surface area contributed by atoms with E-state index in [2.05, 4.69) is 33.3 Å². The molecule has 0 heterocycles. The molecule has 48 valence electrons. The zero-order valence-corrected chi connectivity index (χ0v) is 6.91. The third-order valence-electron chi connectivity index (χ3n) is 0.617. The molecule has 2 nitrogen and oxygen atoms in total. The molecule has 0 aromatic carbocycles. The molecule has 1 atom stereocenters. The molecule has 0 N–H and O–H groups in total. The minimum absolute atomic E-state index is 0.268. The summed E-state index contributed by atoms with van der Waals surface area (Å²) in [6.45, 7) is 0. The lowest BCUT2D eigenvalue weighted by molar-refractivity contribution is -0.139. The molecular weight excluding hydrogens is 192 g/mol. The van der Waals surface area contributed by atoms with Crippen LogP contribution in [0.15, 0.2) is 0 Å². The van der Waals surface area contributed by atoms with Crippen molar-refractivity contribution in [3.63, 3.8) is 0 Å². The third kappa shape index (κ3) is 2.57. The molecule has 0 bridgehead atoms. The van der Waals surface area contributed by atoms with Crippen LogP contribution in [0, 0.1) is 0 Å². The first-order valence-corrected chi connectivity index (χ1v) is 3.60. The van der Waals surface area contributed by atoms with Crippen LogP contribution in [-0.4, -0.2) is 23.7 Å². The molecular formula is C4H7BrO2S. The van der Waals surface area contributed by atoms with Crippen LogP contribution in [0.5, 0.6) is 0 Å². The van der Waals surface area contributed by atoms with Gasteiger partial charge in [0.15, 0.2) is 0 Å². The van der Waals surface area contributed by atoms with Crippen molar-refractivity contribution in [2.24, 2.45) is 0 Å². The van der Waals surface area contributed by atoms with E-state index < -0.39 is 0 Å². The largest absolute Gasteiger partial charge is 0.468 e. The molecule has 0 aliphatic rings. The van der Waals surface area contributed by atoms with Crippen LogP contribution < -0.4 is 0 Å². The van der Waals surface area contributed by atoms with Crippen molar-refractivity contribution in [1.82, 2.24) is 0 Å². The molecule has 0 amide bonds. The highest BCUT2D eigenvalue weighted by atomic mass is 79.9. The first kappa shape index (κ1) is 8.30. The highest BCUT2D eigenvalue weighted by molar-refractivity contribution is 9.10. The van der Waals surface area contributed by atoms with Gasteiger partial charge >= 0.3 is 5.97 Å². The van der Waals surface area contributed by atoms with Crippen molar-refractivity contribution in [3.8, 4) is 0 Å². The molecule has 0 aliphatic heterocycles. The summed E-state index contributed by atoms with van der Waals surface area (Å²) < 4.78 is 4.37. The Balaban J connectivity index is 3.46. The van der Waals surface area contributed by atoms with Crippen molar-refractivity contribution in [3.05, 3.63) is 0 Å². The number of alkyl halides is 1. The second-order valence-electron chi connectivity index (χ2n) is 1.17. The normalized spacial score (nSPS) is 12.9. The number of thiol groups is 1. The lowest BCUT2D eigenvalue weighted by Crippen LogP contribution is -2.16. The maximum atomic E-state index is 10.4. The molecule has 0 aromatic heterocycles. The Hall–Kier alpha value is 0.300. The maximum absolute atomic E-state index is 10.4. The fourth-order valence-electron chi connectivity index (χ4n) is 0.202. The minimum Gasteiger partial charge on any atom is -0.468 e. The molecule has 0 aromatic rings. The summed E-state index contributed by atoms with van der Waals surface area (Å²) in [5.74, 6) is 0.187. The van der Waals surface area contributed by atoms with E-state index in [1.165, 1.54) is 7.11 Å². The zero-order chi connectivity index (χ0) is 6.57. The number of hydrogen-bond acceptors (Lipinski definition) is 3. The van der Waals surface area contributed by atoms with Crippen LogP contribution in [0.3, 0.4) is 0 Å². The highest BCUT2D eigenvalue weighted by Crippen LogP contribution is 2.02. The van der Waals surface area contributed by atoms with Gasteiger partial charge in [-0.2, -0.15) is 12.6 Å². The van der Waals surface area contributed by atoms with Crippen molar-refractivity contribution in [1.29, 1.82) is 0 Å². The molecule has 8 heavy (non-hydrogen) atoms. The van der Waals surface area contributed by atoms with Crippen LogP contribution in [0.2, 0.25) is 0 Å². The summed E-state index contributed by atoms with van der Waals surface area (Å²) >= 11 is 6.91. The Kier molecular flexibility index (Phi) is 4.36. The first-order chi connectivity index (χ1) is 3.72. The summed E-state index contributed by atoms with van der Waals surface area (Å²) in [6, 6.07) is 0. The van der Waals surface area contributed by atoms with Gasteiger partial charge in [0.05, 0.1) is 7.11 Å². The van der Waals surface area contributed by atoms with Crippen molar-refractivity contribution >= 4 is 34.5 Å². The average Bonchev–Trinajstić information content (AvgIpc) is 1.84. The average molecular weight is 199 g/mol. The van der Waals surface area contributed by atoms with E-state index in [0.717, 1.165) is 0 Å². The smallest absolute Gasteiger partial charge is 0.320 e. The number of esters is 1. The van der Waals surface area contributed by atoms with Crippen LogP contribution in [0.25, 0.3) is 0 Å². The molecule has 0 saturated carbocycles. The summed E-state index contributed by atoms with van der Waals surface area (Å²) in [6.07, 6.45) is 0. The minimum atomic E-state index is -0.278. The molecule has 0 aliphatic carbocycles. The van der Waals surface area contributed by atoms with Gasteiger partial charge in [0.2, 0.25) is 0 Å². The molecule has 0 rings (SSSR count). The zero-order valence-electron chi connectivity index (χ0n) is 4.43. The van der Waals surface area contributed by atoms with Gasteiger partial charge in [0, 0.05) is 5.75 Å². The molecule has 0 radical (unpaired) electrons. The second kappa shape index (κ2) is 4.21. The van der Waals surface area contributed by atoms with Crippen LogP contribution >= 0.6 is 28.6 Å². The summed E-state index contributed by atoms with van der Waals surface area (Å²) in [5.41, 5.74) is 0. The predicted octanol–water partition coefficient (Wildman–Crippen LogP) is 0.853. The summed E-state index contributed by atoms with van der Waals surface area (Å²) in [7, 11) is 1.35. The number of carbonyl (C=O) groups excluding carboxylic acids is 1. The Morgan fingerprint density at radius 1 is 2.00 bits per heavy atom.